The quantitative estimate of drug-likeness (QED) is 0.882. The van der Waals surface area contributed by atoms with Crippen LogP contribution in [0, 0.1) is 0 Å². The fourth-order valence-corrected chi connectivity index (χ4v) is 2.67. The summed E-state index contributed by atoms with van der Waals surface area (Å²) < 4.78 is 1.63. The van der Waals surface area contributed by atoms with E-state index in [-0.39, 0.29) is 5.76 Å². The minimum absolute atomic E-state index is 0.161. The minimum atomic E-state index is -0.881. The predicted octanol–water partition coefficient (Wildman–Crippen LogP) is 3.18. The second kappa shape index (κ2) is 5.13. The summed E-state index contributed by atoms with van der Waals surface area (Å²) in [7, 11) is 0. The molecule has 0 amide bonds. The largest absolute Gasteiger partial charge is 0.510 e. The van der Waals surface area contributed by atoms with E-state index in [2.05, 4.69) is 10.1 Å². The Morgan fingerprint density at radius 2 is 2.05 bits per heavy atom. The highest BCUT2D eigenvalue weighted by Crippen LogP contribution is 2.39. The van der Waals surface area contributed by atoms with Gasteiger partial charge in [0.25, 0.3) is 0 Å². The molecule has 102 valence electrons. The Kier molecular flexibility index (Phi) is 3.32. The van der Waals surface area contributed by atoms with Crippen molar-refractivity contribution >= 4 is 17.2 Å². The molecule has 0 bridgehead atoms. The molecule has 0 saturated heterocycles. The number of aliphatic hydroxyl groups excluding tert-OH is 1. The summed E-state index contributed by atoms with van der Waals surface area (Å²) >= 11 is 6.61. The number of benzene rings is 1. The second-order valence-corrected chi connectivity index (χ2v) is 5.57. The highest BCUT2D eigenvalue weighted by molar-refractivity contribution is 6.26. The Hall–Kier alpha value is -2.07. The van der Waals surface area contributed by atoms with Crippen molar-refractivity contribution in [3.8, 4) is 0 Å². The van der Waals surface area contributed by atoms with Crippen molar-refractivity contribution in [3.05, 3.63) is 66.5 Å². The predicted molar refractivity (Wildman–Crippen MR) is 78.4 cm³/mol. The van der Waals surface area contributed by atoms with E-state index in [9.17, 15) is 5.11 Å². The molecule has 5 heteroatoms. The number of aromatic nitrogens is 3. The third kappa shape index (κ3) is 2.47. The van der Waals surface area contributed by atoms with Crippen LogP contribution in [0.5, 0.6) is 0 Å². The van der Waals surface area contributed by atoms with Gasteiger partial charge in [-0.25, -0.2) is 4.98 Å². The third-order valence-corrected chi connectivity index (χ3v) is 3.84. The summed E-state index contributed by atoms with van der Waals surface area (Å²) in [6.45, 7) is 0.376. The molecule has 1 aliphatic carbocycles. The molecule has 4 nitrogen and oxygen atoms in total. The lowest BCUT2D eigenvalue weighted by Gasteiger charge is -2.30. The third-order valence-electron chi connectivity index (χ3n) is 3.40. The van der Waals surface area contributed by atoms with Crippen molar-refractivity contribution in [2.24, 2.45) is 0 Å². The zero-order chi connectivity index (χ0) is 14.0. The van der Waals surface area contributed by atoms with Crippen LogP contribution in [0.25, 0.3) is 5.57 Å². The molecule has 0 radical (unpaired) electrons. The molecule has 0 spiro atoms. The first-order chi connectivity index (χ1) is 9.67. The topological polar surface area (TPSA) is 50.9 Å². The van der Waals surface area contributed by atoms with Gasteiger partial charge in [0.1, 0.15) is 23.3 Å². The second-order valence-electron chi connectivity index (χ2n) is 4.84. The summed E-state index contributed by atoms with van der Waals surface area (Å²) in [6.07, 6.45) is 7.17. The van der Waals surface area contributed by atoms with E-state index in [1.165, 1.54) is 6.33 Å². The Morgan fingerprint density at radius 3 is 2.75 bits per heavy atom. The Balaban J connectivity index is 1.88. The fourth-order valence-electron chi connectivity index (χ4n) is 2.34. The van der Waals surface area contributed by atoms with E-state index in [1.807, 2.05) is 36.4 Å². The summed E-state index contributed by atoms with van der Waals surface area (Å²) in [6, 6.07) is 10.0. The van der Waals surface area contributed by atoms with E-state index < -0.39 is 4.87 Å². The Morgan fingerprint density at radius 1 is 1.25 bits per heavy atom. The molecule has 1 aromatic heterocycles. The average molecular weight is 288 g/mol. The van der Waals surface area contributed by atoms with E-state index in [4.69, 9.17) is 11.6 Å². The molecule has 1 heterocycles. The normalized spacial score (nSPS) is 22.2. The number of hydrogen-bond donors (Lipinski definition) is 1. The van der Waals surface area contributed by atoms with Gasteiger partial charge in [-0.15, -0.1) is 11.6 Å². The number of halogens is 1. The zero-order valence-electron chi connectivity index (χ0n) is 10.8. The van der Waals surface area contributed by atoms with Crippen LogP contribution in [0.1, 0.15) is 12.0 Å². The maximum absolute atomic E-state index is 10.1. The SMILES string of the molecule is OC1=CC=C(c2ccccc2)CC1(Cl)Cn1cncn1. The number of rotatable bonds is 3. The smallest absolute Gasteiger partial charge is 0.137 e. The molecule has 1 aromatic carbocycles. The van der Waals surface area contributed by atoms with Crippen LogP contribution in [-0.4, -0.2) is 24.7 Å². The van der Waals surface area contributed by atoms with Crippen LogP contribution < -0.4 is 0 Å². The van der Waals surface area contributed by atoms with Gasteiger partial charge in [-0.05, 0) is 17.2 Å². The van der Waals surface area contributed by atoms with Crippen LogP contribution >= 0.6 is 11.6 Å². The molecule has 1 N–H and O–H groups in total. The number of aliphatic hydroxyl groups is 1. The number of alkyl halides is 1. The molecule has 20 heavy (non-hydrogen) atoms. The van der Waals surface area contributed by atoms with Crippen molar-refractivity contribution in [1.29, 1.82) is 0 Å². The van der Waals surface area contributed by atoms with Crippen molar-refractivity contribution in [2.45, 2.75) is 17.8 Å². The highest BCUT2D eigenvalue weighted by atomic mass is 35.5. The van der Waals surface area contributed by atoms with E-state index >= 15 is 0 Å². The van der Waals surface area contributed by atoms with Crippen LogP contribution in [0.4, 0.5) is 0 Å². The Bertz CT molecular complexity index is 649. The van der Waals surface area contributed by atoms with Gasteiger partial charge in [0.05, 0.1) is 6.54 Å². The maximum atomic E-state index is 10.1. The van der Waals surface area contributed by atoms with E-state index in [0.29, 0.717) is 13.0 Å². The molecule has 1 aliphatic rings. The lowest BCUT2D eigenvalue weighted by molar-refractivity contribution is 0.319. The number of hydrogen-bond acceptors (Lipinski definition) is 3. The first-order valence-corrected chi connectivity index (χ1v) is 6.72. The lowest BCUT2D eigenvalue weighted by Crippen LogP contribution is -2.32. The van der Waals surface area contributed by atoms with Gasteiger partial charge < -0.3 is 5.11 Å². The molecule has 0 saturated carbocycles. The molecular formula is C15H14ClN3O. The molecule has 1 atom stereocenters. The molecular weight excluding hydrogens is 274 g/mol. The van der Waals surface area contributed by atoms with Gasteiger partial charge in [0.2, 0.25) is 0 Å². The lowest BCUT2D eigenvalue weighted by atomic mass is 9.88. The molecule has 0 fully saturated rings. The highest BCUT2D eigenvalue weighted by Gasteiger charge is 2.36. The van der Waals surface area contributed by atoms with Gasteiger partial charge in [-0.3, -0.25) is 4.68 Å². The van der Waals surface area contributed by atoms with Crippen LogP contribution in [-0.2, 0) is 6.54 Å². The average Bonchev–Trinajstić information content (AvgIpc) is 2.96. The van der Waals surface area contributed by atoms with Gasteiger partial charge in [0, 0.05) is 6.42 Å². The number of allylic oxidation sites excluding steroid dienone is 4. The Labute approximate surface area is 122 Å². The standard InChI is InChI=1S/C15H14ClN3O/c16-15(9-19-11-17-10-18-19)8-13(6-7-14(15)20)12-4-2-1-3-5-12/h1-7,10-11,20H,8-9H2. The fraction of sp³-hybridized carbons (Fsp3) is 0.200. The zero-order valence-corrected chi connectivity index (χ0v) is 11.5. The van der Waals surface area contributed by atoms with Gasteiger partial charge in [-0.1, -0.05) is 36.4 Å². The summed E-state index contributed by atoms with van der Waals surface area (Å²) in [4.78, 5) is 3.02. The van der Waals surface area contributed by atoms with Gasteiger partial charge in [-0.2, -0.15) is 5.10 Å². The molecule has 1 unspecified atom stereocenters. The van der Waals surface area contributed by atoms with Crippen LogP contribution in [0.2, 0.25) is 0 Å². The van der Waals surface area contributed by atoms with Crippen molar-refractivity contribution in [2.75, 3.05) is 0 Å². The number of nitrogens with zero attached hydrogens (tertiary/aromatic N) is 3. The van der Waals surface area contributed by atoms with E-state index in [0.717, 1.165) is 11.1 Å². The van der Waals surface area contributed by atoms with Crippen molar-refractivity contribution in [1.82, 2.24) is 14.8 Å². The first kappa shape index (κ1) is 12.9. The van der Waals surface area contributed by atoms with Crippen LogP contribution in [0.3, 0.4) is 0 Å². The van der Waals surface area contributed by atoms with Crippen molar-refractivity contribution < 1.29 is 5.11 Å². The molecule has 3 rings (SSSR count). The monoisotopic (exact) mass is 287 g/mol. The molecule has 0 aliphatic heterocycles. The minimum Gasteiger partial charge on any atom is -0.510 e. The molecule has 2 aromatic rings. The van der Waals surface area contributed by atoms with Crippen molar-refractivity contribution in [3.63, 3.8) is 0 Å². The maximum Gasteiger partial charge on any atom is 0.137 e. The van der Waals surface area contributed by atoms with E-state index in [1.54, 1.807) is 17.1 Å². The van der Waals surface area contributed by atoms with Gasteiger partial charge >= 0.3 is 0 Å². The first-order valence-electron chi connectivity index (χ1n) is 6.34. The summed E-state index contributed by atoms with van der Waals surface area (Å²) in [5.41, 5.74) is 2.21. The summed E-state index contributed by atoms with van der Waals surface area (Å²) in [5, 5.41) is 14.2. The van der Waals surface area contributed by atoms with Gasteiger partial charge in [0.15, 0.2) is 0 Å². The van der Waals surface area contributed by atoms with Crippen LogP contribution in [0.15, 0.2) is 60.9 Å². The summed E-state index contributed by atoms with van der Waals surface area (Å²) in [5.74, 6) is 0.161.